The number of hydrogen-bond donors (Lipinski definition) is 0. The van der Waals surface area contributed by atoms with Gasteiger partial charge in [0.15, 0.2) is 0 Å². The van der Waals surface area contributed by atoms with E-state index in [1.165, 1.54) is 24.8 Å². The Bertz CT molecular complexity index is 324. The summed E-state index contributed by atoms with van der Waals surface area (Å²) in [7, 11) is 0. The average Bonchev–Trinajstić information content (AvgIpc) is 2.29. The van der Waals surface area contributed by atoms with Crippen molar-refractivity contribution in [3.05, 3.63) is 48.0 Å². The summed E-state index contributed by atoms with van der Waals surface area (Å²) < 4.78 is 0. The maximum Gasteiger partial charge on any atom is 0.0680 e. The minimum Gasteiger partial charge on any atom is -0.285 e. The van der Waals surface area contributed by atoms with Gasteiger partial charge in [-0.1, -0.05) is 42.5 Å². The van der Waals surface area contributed by atoms with Crippen LogP contribution in [0.15, 0.2) is 47.5 Å². The zero-order valence-corrected chi connectivity index (χ0v) is 8.26. The van der Waals surface area contributed by atoms with Crippen LogP contribution in [0.3, 0.4) is 0 Å². The van der Waals surface area contributed by atoms with Crippen molar-refractivity contribution in [3.63, 3.8) is 0 Å². The van der Waals surface area contributed by atoms with Gasteiger partial charge in [0.25, 0.3) is 0 Å². The fourth-order valence-electron chi connectivity index (χ4n) is 1.64. The van der Waals surface area contributed by atoms with Gasteiger partial charge in [-0.2, -0.15) is 0 Å². The van der Waals surface area contributed by atoms with Gasteiger partial charge in [0.05, 0.1) is 6.04 Å². The highest BCUT2D eigenvalue weighted by molar-refractivity contribution is 5.79. The third kappa shape index (κ3) is 2.56. The first-order chi connectivity index (χ1) is 6.95. The van der Waals surface area contributed by atoms with Gasteiger partial charge >= 0.3 is 0 Å². The average molecular weight is 185 g/mol. The molecule has 72 valence electrons. The molecule has 14 heavy (non-hydrogen) atoms. The van der Waals surface area contributed by atoms with Crippen molar-refractivity contribution in [1.82, 2.24) is 0 Å². The van der Waals surface area contributed by atoms with E-state index in [1.807, 2.05) is 24.4 Å². The van der Waals surface area contributed by atoms with Crippen molar-refractivity contribution in [3.8, 4) is 0 Å². The van der Waals surface area contributed by atoms with Crippen LogP contribution in [0, 0.1) is 0 Å². The van der Waals surface area contributed by atoms with E-state index >= 15 is 0 Å². The van der Waals surface area contributed by atoms with E-state index in [0.29, 0.717) is 6.04 Å². The van der Waals surface area contributed by atoms with Gasteiger partial charge in [-0.25, -0.2) is 0 Å². The van der Waals surface area contributed by atoms with Gasteiger partial charge in [0.2, 0.25) is 0 Å². The zero-order chi connectivity index (χ0) is 9.64. The molecule has 1 atom stereocenters. The molecule has 0 amide bonds. The Morgan fingerprint density at radius 2 is 2.07 bits per heavy atom. The van der Waals surface area contributed by atoms with Gasteiger partial charge in [-0.15, -0.1) is 0 Å². The molecule has 0 N–H and O–H groups in total. The predicted molar refractivity (Wildman–Crippen MR) is 60.8 cm³/mol. The van der Waals surface area contributed by atoms with Gasteiger partial charge in [-0.05, 0) is 24.8 Å². The Hall–Kier alpha value is -1.37. The predicted octanol–water partition coefficient (Wildman–Crippen LogP) is 3.21. The molecule has 1 nitrogen and oxygen atoms in total. The van der Waals surface area contributed by atoms with Gasteiger partial charge in [0, 0.05) is 6.21 Å². The number of allylic oxidation sites excluding steroid dienone is 1. The van der Waals surface area contributed by atoms with E-state index in [9.17, 15) is 0 Å². The SMILES string of the molecule is C1=CC(N=Cc2ccccc2)CCC1. The summed E-state index contributed by atoms with van der Waals surface area (Å²) in [5.41, 5.74) is 1.19. The van der Waals surface area contributed by atoms with Gasteiger partial charge < -0.3 is 0 Å². The Morgan fingerprint density at radius 3 is 2.79 bits per heavy atom. The Balaban J connectivity index is 1.99. The van der Waals surface area contributed by atoms with Crippen LogP contribution in [0.5, 0.6) is 0 Å². The summed E-state index contributed by atoms with van der Waals surface area (Å²) in [4.78, 5) is 4.54. The monoisotopic (exact) mass is 185 g/mol. The quantitative estimate of drug-likeness (QED) is 0.495. The summed E-state index contributed by atoms with van der Waals surface area (Å²) >= 11 is 0. The smallest absolute Gasteiger partial charge is 0.0680 e. The lowest BCUT2D eigenvalue weighted by Gasteiger charge is -2.10. The van der Waals surface area contributed by atoms with Crippen molar-refractivity contribution in [1.29, 1.82) is 0 Å². The fourth-order valence-corrected chi connectivity index (χ4v) is 1.64. The molecule has 1 aliphatic rings. The molecule has 0 saturated carbocycles. The second-order valence-corrected chi connectivity index (χ2v) is 3.62. The van der Waals surface area contributed by atoms with Crippen LogP contribution in [0.2, 0.25) is 0 Å². The van der Waals surface area contributed by atoms with Crippen LogP contribution in [0.1, 0.15) is 24.8 Å². The molecule has 1 heteroatoms. The molecule has 0 aliphatic heterocycles. The number of rotatable bonds is 2. The molecular weight excluding hydrogens is 170 g/mol. The molecular formula is C13H15N. The second-order valence-electron chi connectivity index (χ2n) is 3.62. The first-order valence-electron chi connectivity index (χ1n) is 5.20. The third-order valence-corrected chi connectivity index (χ3v) is 2.44. The Kier molecular flexibility index (Phi) is 3.12. The van der Waals surface area contributed by atoms with E-state index in [4.69, 9.17) is 0 Å². The van der Waals surface area contributed by atoms with Crippen LogP contribution in [0.4, 0.5) is 0 Å². The molecule has 2 rings (SSSR count). The van der Waals surface area contributed by atoms with Crippen molar-refractivity contribution in [2.45, 2.75) is 25.3 Å². The minimum absolute atomic E-state index is 0.406. The number of hydrogen-bond acceptors (Lipinski definition) is 1. The molecule has 0 spiro atoms. The highest BCUT2D eigenvalue weighted by Gasteiger charge is 2.04. The molecule has 0 bridgehead atoms. The largest absolute Gasteiger partial charge is 0.285 e. The molecule has 0 radical (unpaired) electrons. The summed E-state index contributed by atoms with van der Waals surface area (Å²) in [5, 5.41) is 0. The first kappa shape index (κ1) is 9.20. The maximum absolute atomic E-state index is 4.54. The Morgan fingerprint density at radius 1 is 1.21 bits per heavy atom. The Labute approximate surface area is 85.2 Å². The lowest BCUT2D eigenvalue weighted by molar-refractivity contribution is 0.649. The van der Waals surface area contributed by atoms with E-state index in [-0.39, 0.29) is 0 Å². The van der Waals surface area contributed by atoms with Crippen LogP contribution in [-0.2, 0) is 0 Å². The standard InChI is InChI=1S/C13H15N/c1-3-7-12(8-4-1)11-14-13-9-5-2-6-10-13/h1,3-5,7-9,11,13H,2,6,10H2. The zero-order valence-electron chi connectivity index (χ0n) is 8.26. The normalized spacial score (nSPS) is 21.6. The minimum atomic E-state index is 0.406. The van der Waals surface area contributed by atoms with Crippen LogP contribution in [-0.4, -0.2) is 12.3 Å². The fraction of sp³-hybridized carbons (Fsp3) is 0.308. The van der Waals surface area contributed by atoms with Crippen molar-refractivity contribution >= 4 is 6.21 Å². The third-order valence-electron chi connectivity index (χ3n) is 2.44. The molecule has 0 heterocycles. The van der Waals surface area contributed by atoms with E-state index < -0.39 is 0 Å². The van der Waals surface area contributed by atoms with Crippen molar-refractivity contribution < 1.29 is 0 Å². The second kappa shape index (κ2) is 4.75. The van der Waals surface area contributed by atoms with Crippen molar-refractivity contribution in [2.75, 3.05) is 0 Å². The number of nitrogens with zero attached hydrogens (tertiary/aromatic N) is 1. The molecule has 1 aromatic rings. The molecule has 1 unspecified atom stereocenters. The van der Waals surface area contributed by atoms with Crippen LogP contribution < -0.4 is 0 Å². The topological polar surface area (TPSA) is 12.4 Å². The summed E-state index contributed by atoms with van der Waals surface area (Å²) in [5.74, 6) is 0. The van der Waals surface area contributed by atoms with E-state index in [0.717, 1.165) is 0 Å². The highest BCUT2D eigenvalue weighted by Crippen LogP contribution is 2.13. The lowest BCUT2D eigenvalue weighted by atomic mass is 10.0. The molecule has 1 aromatic carbocycles. The molecule has 0 fully saturated rings. The van der Waals surface area contributed by atoms with Crippen LogP contribution >= 0.6 is 0 Å². The summed E-state index contributed by atoms with van der Waals surface area (Å²) in [6.07, 6.45) is 10.1. The van der Waals surface area contributed by atoms with Crippen molar-refractivity contribution in [2.24, 2.45) is 4.99 Å². The first-order valence-corrected chi connectivity index (χ1v) is 5.20. The molecule has 0 aromatic heterocycles. The highest BCUT2D eigenvalue weighted by atomic mass is 14.8. The van der Waals surface area contributed by atoms with E-state index in [1.54, 1.807) is 0 Å². The van der Waals surface area contributed by atoms with E-state index in [2.05, 4.69) is 29.3 Å². The number of aliphatic imine (C=N–C) groups is 1. The van der Waals surface area contributed by atoms with Gasteiger partial charge in [-0.3, -0.25) is 4.99 Å². The number of benzene rings is 1. The molecule has 1 aliphatic carbocycles. The lowest BCUT2D eigenvalue weighted by Crippen LogP contribution is -2.04. The van der Waals surface area contributed by atoms with Crippen LogP contribution in [0.25, 0.3) is 0 Å². The molecule has 0 saturated heterocycles. The summed E-state index contributed by atoms with van der Waals surface area (Å²) in [6.45, 7) is 0. The summed E-state index contributed by atoms with van der Waals surface area (Å²) in [6, 6.07) is 10.7. The van der Waals surface area contributed by atoms with Gasteiger partial charge in [0.1, 0.15) is 0 Å². The maximum atomic E-state index is 4.54.